The van der Waals surface area contributed by atoms with Crippen molar-refractivity contribution >= 4 is 23.9 Å². The minimum atomic E-state index is -1.25. The van der Waals surface area contributed by atoms with Crippen LogP contribution in [0.5, 0.6) is 0 Å². The molecule has 3 aliphatic rings. The number of nitrogens with zero attached hydrogens (tertiary/aromatic N) is 4. The molecule has 5 rings (SSSR count). The van der Waals surface area contributed by atoms with Gasteiger partial charge in [0, 0.05) is 37.9 Å². The number of carbonyl (C=O) groups excluding carboxylic acids is 4. The first-order valence-corrected chi connectivity index (χ1v) is 8.62. The van der Waals surface area contributed by atoms with E-state index in [9.17, 15) is 19.2 Å². The molecule has 0 radical (unpaired) electrons. The van der Waals surface area contributed by atoms with Crippen LogP contribution in [0.1, 0.15) is 0 Å². The van der Waals surface area contributed by atoms with Crippen molar-refractivity contribution in [2.75, 3.05) is 0 Å². The van der Waals surface area contributed by atoms with Gasteiger partial charge in [-0.2, -0.15) is 0 Å². The van der Waals surface area contributed by atoms with E-state index < -0.39 is 46.8 Å². The van der Waals surface area contributed by atoms with Crippen molar-refractivity contribution in [2.24, 2.45) is 10.8 Å². The van der Waals surface area contributed by atoms with Crippen molar-refractivity contribution in [2.45, 2.75) is 25.2 Å². The lowest BCUT2D eigenvalue weighted by atomic mass is 9.42. The lowest BCUT2D eigenvalue weighted by molar-refractivity contribution is -0.187. The van der Waals surface area contributed by atoms with E-state index in [0.717, 1.165) is 0 Å². The number of imidazole rings is 2. The molecule has 10 N–H and O–H groups in total. The average Bonchev–Trinajstić information content (AvgIpc) is 3.33. The molecule has 15 nitrogen and oxygen atoms in total. The molecule has 6 amide bonds. The summed E-state index contributed by atoms with van der Waals surface area (Å²) in [6, 6.07) is -3.03. The van der Waals surface area contributed by atoms with Gasteiger partial charge in [0.1, 0.15) is 10.8 Å². The Balaban J connectivity index is 0.00000114. The maximum atomic E-state index is 13.0. The van der Waals surface area contributed by atoms with E-state index in [1.807, 2.05) is 0 Å². The lowest BCUT2D eigenvalue weighted by Gasteiger charge is -2.68. The molecule has 0 unspecified atom stereocenters. The summed E-state index contributed by atoms with van der Waals surface area (Å²) in [5, 5.41) is 10.0. The standard InChI is InChI=1S/C16H16N8O4.3H2O/c25-11-15(5-23-3-1-17-7-23)9(19-13(27)21-11)16(6-24-4-2-18-8-24)10(15)20-14(28)22-12(16)26;;;/h1-4,7-10H,5-6H2,(H2,19,21,25,27)(H2,20,22,26,28);3*1H2. The molecule has 0 atom stereocenters. The number of carbonyl (C=O) groups is 4. The molecule has 1 aliphatic carbocycles. The van der Waals surface area contributed by atoms with E-state index in [2.05, 4.69) is 31.2 Å². The molecule has 1 saturated carbocycles. The Morgan fingerprint density at radius 3 is 1.45 bits per heavy atom. The first-order chi connectivity index (χ1) is 13.5. The Hall–Kier alpha value is -3.82. The van der Waals surface area contributed by atoms with Crippen molar-refractivity contribution in [3.63, 3.8) is 0 Å². The van der Waals surface area contributed by atoms with E-state index in [1.54, 1.807) is 33.9 Å². The van der Waals surface area contributed by atoms with Crippen LogP contribution in [0, 0.1) is 10.8 Å². The number of nitrogens with one attached hydrogen (secondary N) is 4. The van der Waals surface area contributed by atoms with Gasteiger partial charge in [0.05, 0.1) is 24.7 Å². The van der Waals surface area contributed by atoms with Crippen LogP contribution >= 0.6 is 0 Å². The Kier molecular flexibility index (Phi) is 5.89. The number of imide groups is 2. The van der Waals surface area contributed by atoms with E-state index in [1.165, 1.54) is 12.7 Å². The third-order valence-corrected chi connectivity index (χ3v) is 5.92. The second-order valence-electron chi connectivity index (χ2n) is 7.27. The van der Waals surface area contributed by atoms with Crippen LogP contribution in [0.2, 0.25) is 0 Å². The van der Waals surface area contributed by atoms with Crippen molar-refractivity contribution in [1.82, 2.24) is 40.4 Å². The number of amides is 6. The molecule has 0 bridgehead atoms. The van der Waals surface area contributed by atoms with Gasteiger partial charge >= 0.3 is 12.1 Å². The van der Waals surface area contributed by atoms with Crippen molar-refractivity contribution in [1.29, 1.82) is 0 Å². The molecule has 15 heteroatoms. The van der Waals surface area contributed by atoms with Gasteiger partial charge in [0.15, 0.2) is 0 Å². The molecule has 31 heavy (non-hydrogen) atoms. The smallest absolute Gasteiger partial charge is 0.321 e. The summed E-state index contributed by atoms with van der Waals surface area (Å²) < 4.78 is 3.37. The molecular formula is C16H22N8O7. The fraction of sp³-hybridized carbons (Fsp3) is 0.375. The average molecular weight is 438 g/mol. The molecule has 0 aromatic carbocycles. The molecule has 0 spiro atoms. The second-order valence-corrected chi connectivity index (χ2v) is 7.27. The fourth-order valence-corrected chi connectivity index (χ4v) is 4.84. The van der Waals surface area contributed by atoms with E-state index in [-0.39, 0.29) is 29.5 Å². The largest absolute Gasteiger partial charge is 0.412 e. The van der Waals surface area contributed by atoms with Crippen LogP contribution in [0.15, 0.2) is 37.4 Å². The summed E-state index contributed by atoms with van der Waals surface area (Å²) in [6.45, 7) is 0.265. The zero-order valence-electron chi connectivity index (χ0n) is 16.0. The van der Waals surface area contributed by atoms with Gasteiger partial charge in [-0.3, -0.25) is 20.2 Å². The van der Waals surface area contributed by atoms with Gasteiger partial charge in [0.25, 0.3) is 0 Å². The highest BCUT2D eigenvalue weighted by Crippen LogP contribution is 2.58. The molecule has 2 aromatic rings. The van der Waals surface area contributed by atoms with Gasteiger partial charge in [0.2, 0.25) is 11.8 Å². The maximum absolute atomic E-state index is 13.0. The first-order valence-electron chi connectivity index (χ1n) is 8.62. The van der Waals surface area contributed by atoms with Crippen LogP contribution in [0.4, 0.5) is 9.59 Å². The van der Waals surface area contributed by atoms with Crippen molar-refractivity contribution in [3.05, 3.63) is 37.4 Å². The van der Waals surface area contributed by atoms with Crippen LogP contribution in [0.3, 0.4) is 0 Å². The predicted molar refractivity (Wildman–Crippen MR) is 101 cm³/mol. The molecule has 168 valence electrons. The summed E-state index contributed by atoms with van der Waals surface area (Å²) in [4.78, 5) is 58.2. The summed E-state index contributed by atoms with van der Waals surface area (Å²) in [5.74, 6) is -1.09. The van der Waals surface area contributed by atoms with E-state index >= 15 is 0 Å². The van der Waals surface area contributed by atoms with E-state index in [0.29, 0.717) is 0 Å². The Morgan fingerprint density at radius 2 is 1.13 bits per heavy atom. The zero-order chi connectivity index (χ0) is 19.5. The number of hydrogen-bond donors (Lipinski definition) is 4. The predicted octanol–water partition coefficient (Wildman–Crippen LogP) is -4.29. The Labute approximate surface area is 174 Å². The van der Waals surface area contributed by atoms with Gasteiger partial charge in [-0.1, -0.05) is 0 Å². The third-order valence-electron chi connectivity index (χ3n) is 5.92. The molecule has 3 fully saturated rings. The van der Waals surface area contributed by atoms with Crippen molar-refractivity contribution in [3.8, 4) is 0 Å². The second kappa shape index (κ2) is 7.78. The molecule has 2 aliphatic heterocycles. The summed E-state index contributed by atoms with van der Waals surface area (Å²) >= 11 is 0. The molecule has 2 saturated heterocycles. The quantitative estimate of drug-likeness (QED) is 0.367. The Bertz CT molecular complexity index is 902. The number of hydrogen-bond acceptors (Lipinski definition) is 6. The normalized spacial score (nSPS) is 30.3. The van der Waals surface area contributed by atoms with Crippen molar-refractivity contribution < 1.29 is 35.6 Å². The maximum Gasteiger partial charge on any atom is 0.321 e. The number of rotatable bonds is 4. The van der Waals surface area contributed by atoms with Gasteiger partial charge < -0.3 is 36.2 Å². The van der Waals surface area contributed by atoms with Gasteiger partial charge in [-0.15, -0.1) is 0 Å². The topological polar surface area (TPSA) is 247 Å². The van der Waals surface area contributed by atoms with Gasteiger partial charge in [-0.05, 0) is 0 Å². The van der Waals surface area contributed by atoms with Crippen LogP contribution < -0.4 is 21.3 Å². The van der Waals surface area contributed by atoms with Crippen LogP contribution in [0.25, 0.3) is 0 Å². The highest BCUT2D eigenvalue weighted by molar-refractivity contribution is 6.09. The fourth-order valence-electron chi connectivity index (χ4n) is 4.84. The third kappa shape index (κ3) is 2.94. The number of urea groups is 2. The highest BCUT2D eigenvalue weighted by Gasteiger charge is 2.80. The van der Waals surface area contributed by atoms with Crippen LogP contribution in [-0.2, 0) is 22.7 Å². The lowest BCUT2D eigenvalue weighted by Crippen LogP contribution is -2.93. The molecule has 4 heterocycles. The Morgan fingerprint density at radius 1 is 0.742 bits per heavy atom. The number of fused-ring (bicyclic) bond motifs is 4. The molecule has 2 aromatic heterocycles. The van der Waals surface area contributed by atoms with E-state index in [4.69, 9.17) is 0 Å². The summed E-state index contributed by atoms with van der Waals surface area (Å²) in [7, 11) is 0. The monoisotopic (exact) mass is 438 g/mol. The summed E-state index contributed by atoms with van der Waals surface area (Å²) in [5.41, 5.74) is -2.49. The minimum Gasteiger partial charge on any atom is -0.412 e. The van der Waals surface area contributed by atoms with Gasteiger partial charge in [-0.25, -0.2) is 19.6 Å². The van der Waals surface area contributed by atoms with Crippen LogP contribution in [-0.4, -0.2) is 71.5 Å². The minimum absolute atomic E-state index is 0. The zero-order valence-corrected chi connectivity index (χ0v) is 16.0. The highest BCUT2D eigenvalue weighted by atomic mass is 16.2. The molecular weight excluding hydrogens is 416 g/mol. The first kappa shape index (κ1) is 23.5. The number of aromatic nitrogens is 4. The SMILES string of the molecule is O.O.O.O=C1NC(=O)C2(Cn3ccnc3)C(N1)C1(Cn3ccnc3)C(=O)NC(=O)NC21. The summed E-state index contributed by atoms with van der Waals surface area (Å²) in [6.07, 6.45) is 9.56.